The Labute approximate surface area is 505 Å². The van der Waals surface area contributed by atoms with Gasteiger partial charge in [-0.1, -0.05) is 211 Å². The number of thiophene rings is 2. The summed E-state index contributed by atoms with van der Waals surface area (Å²) >= 11 is 3.81. The van der Waals surface area contributed by atoms with E-state index in [4.69, 9.17) is 0 Å². The predicted molar refractivity (Wildman–Crippen MR) is 365 cm³/mol. The first-order valence-electron chi connectivity index (χ1n) is 29.8. The molecule has 0 fully saturated rings. The van der Waals surface area contributed by atoms with Crippen LogP contribution in [-0.4, -0.2) is 0 Å². The largest absolute Gasteiger partial charge is 0.310 e. The molecule has 1 aliphatic carbocycles. The Morgan fingerprint density at radius 2 is 0.694 bits per heavy atom. The lowest BCUT2D eigenvalue weighted by atomic mass is 9.65. The molecule has 85 heavy (non-hydrogen) atoms. The van der Waals surface area contributed by atoms with Crippen LogP contribution in [0.25, 0.3) is 96.0 Å². The standard InChI is InChI=1S/C81H60N2S2/c1-79(2)66-27-13-10-20-60(66)61-41-40-57(48-67(61)79)82(55-36-30-50(31-37-55)49-18-8-7-9-19-49)56-38-32-51(33-39-56)54-46-70-76-71(47-54)81(5,6)69-45-53(59-24-17-26-65-63-22-12-15-29-75(63)85-78(59)65)35-43-73(69)83(76)72-42-34-52(44-68(72)80(70,3)4)58-23-16-25-64-62-21-11-14-28-74(62)84-77(58)64/h7-48H,1-6H3. The van der Waals surface area contributed by atoms with Crippen LogP contribution in [0.2, 0.25) is 0 Å². The van der Waals surface area contributed by atoms with Crippen molar-refractivity contribution in [3.63, 3.8) is 0 Å². The highest BCUT2D eigenvalue weighted by Gasteiger charge is 2.46. The van der Waals surface area contributed by atoms with E-state index in [0.29, 0.717) is 0 Å². The van der Waals surface area contributed by atoms with Crippen LogP contribution in [0.4, 0.5) is 34.1 Å². The summed E-state index contributed by atoms with van der Waals surface area (Å²) < 4.78 is 5.32. The Kier molecular flexibility index (Phi) is 10.8. The molecule has 17 rings (SSSR count). The Morgan fingerprint density at radius 3 is 1.26 bits per heavy atom. The maximum absolute atomic E-state index is 2.63. The van der Waals surface area contributed by atoms with Gasteiger partial charge in [-0.2, -0.15) is 0 Å². The first-order valence-corrected chi connectivity index (χ1v) is 31.4. The molecule has 0 unspecified atom stereocenters. The lowest BCUT2D eigenvalue weighted by Gasteiger charge is -2.50. The van der Waals surface area contributed by atoms with E-state index >= 15 is 0 Å². The predicted octanol–water partition coefficient (Wildman–Crippen LogP) is 23.6. The molecule has 4 heterocycles. The smallest absolute Gasteiger partial charge is 0.0544 e. The van der Waals surface area contributed by atoms with E-state index in [0.717, 1.165) is 17.1 Å². The van der Waals surface area contributed by atoms with Crippen molar-refractivity contribution in [2.75, 3.05) is 9.80 Å². The number of fused-ring (bicyclic) bond motifs is 13. The zero-order valence-corrected chi connectivity index (χ0v) is 50.1. The topological polar surface area (TPSA) is 6.48 Å². The van der Waals surface area contributed by atoms with Crippen molar-refractivity contribution in [2.45, 2.75) is 57.8 Å². The fraction of sp³-hybridized carbons (Fsp3) is 0.111. The van der Waals surface area contributed by atoms with Gasteiger partial charge in [-0.25, -0.2) is 0 Å². The second-order valence-corrected chi connectivity index (χ2v) is 27.3. The van der Waals surface area contributed by atoms with E-state index in [2.05, 4.69) is 306 Å². The minimum absolute atomic E-state index is 0.136. The second kappa shape index (κ2) is 18.3. The summed E-state index contributed by atoms with van der Waals surface area (Å²) in [6.45, 7) is 14.6. The molecule has 0 saturated heterocycles. The van der Waals surface area contributed by atoms with Crippen LogP contribution in [-0.2, 0) is 16.2 Å². The van der Waals surface area contributed by atoms with Gasteiger partial charge in [0.15, 0.2) is 0 Å². The summed E-state index contributed by atoms with van der Waals surface area (Å²) in [6, 6.07) is 96.4. The molecule has 0 amide bonds. The van der Waals surface area contributed by atoms with Gasteiger partial charge >= 0.3 is 0 Å². The van der Waals surface area contributed by atoms with Crippen molar-refractivity contribution in [3.05, 3.63) is 288 Å². The number of benzene rings is 12. The van der Waals surface area contributed by atoms with E-state index in [9.17, 15) is 0 Å². The van der Waals surface area contributed by atoms with Gasteiger partial charge in [0.1, 0.15) is 0 Å². The first kappa shape index (κ1) is 50.2. The van der Waals surface area contributed by atoms with Gasteiger partial charge in [-0.3, -0.25) is 0 Å². The highest BCUT2D eigenvalue weighted by molar-refractivity contribution is 7.26. The van der Waals surface area contributed by atoms with E-state index in [1.807, 2.05) is 22.7 Å². The highest BCUT2D eigenvalue weighted by atomic mass is 32.1. The molecule has 0 radical (unpaired) electrons. The van der Waals surface area contributed by atoms with Crippen molar-refractivity contribution in [1.29, 1.82) is 0 Å². The molecule has 4 heteroatoms. The average molecular weight is 1130 g/mol. The van der Waals surface area contributed by atoms with Crippen molar-refractivity contribution < 1.29 is 0 Å². The number of rotatable bonds is 7. The monoisotopic (exact) mass is 1120 g/mol. The maximum atomic E-state index is 2.63. The van der Waals surface area contributed by atoms with Crippen LogP contribution >= 0.6 is 22.7 Å². The van der Waals surface area contributed by atoms with Gasteiger partial charge in [-0.15, -0.1) is 22.7 Å². The van der Waals surface area contributed by atoms with E-state index in [-0.39, 0.29) is 16.2 Å². The Hall–Kier alpha value is -9.32. The quantitative estimate of drug-likeness (QED) is 0.157. The number of hydrogen-bond acceptors (Lipinski definition) is 4. The van der Waals surface area contributed by atoms with E-state index in [1.54, 1.807) is 0 Å². The van der Waals surface area contributed by atoms with Gasteiger partial charge in [0.25, 0.3) is 0 Å². The molecular weight excluding hydrogens is 1070 g/mol. The number of anilines is 6. The second-order valence-electron chi connectivity index (χ2n) is 25.2. The van der Waals surface area contributed by atoms with Crippen LogP contribution in [0.5, 0.6) is 0 Å². The Bertz CT molecular complexity index is 4890. The first-order chi connectivity index (χ1) is 41.4. The average Bonchev–Trinajstić information content (AvgIpc) is 1.53. The third-order valence-corrected chi connectivity index (χ3v) is 21.9. The summed E-state index contributed by atoms with van der Waals surface area (Å²) in [6.07, 6.45) is 0. The third kappa shape index (κ3) is 7.41. The van der Waals surface area contributed by atoms with E-state index < -0.39 is 0 Å². The van der Waals surface area contributed by atoms with Crippen molar-refractivity contribution >= 4 is 97.1 Å². The van der Waals surface area contributed by atoms with Crippen molar-refractivity contribution in [3.8, 4) is 55.6 Å². The summed E-state index contributed by atoms with van der Waals surface area (Å²) in [7, 11) is 0. The van der Waals surface area contributed by atoms with Crippen LogP contribution in [0, 0.1) is 0 Å². The molecule has 12 aromatic carbocycles. The zero-order valence-electron chi connectivity index (χ0n) is 48.5. The molecule has 0 atom stereocenters. The Morgan fingerprint density at radius 1 is 0.282 bits per heavy atom. The summed E-state index contributed by atoms with van der Waals surface area (Å²) in [4.78, 5) is 5.07. The molecule has 2 aromatic heterocycles. The lowest BCUT2D eigenvalue weighted by Crippen LogP contribution is -2.38. The van der Waals surface area contributed by atoms with Crippen LogP contribution in [0.1, 0.15) is 74.9 Å². The minimum atomic E-state index is -0.357. The SMILES string of the molecule is CC1(C)c2ccccc2-c2ccc(N(c3ccc(-c4ccccc4)cc3)c3ccc(-c4cc5c6c(c4)C(C)(C)c4cc(-c7cccc8c7sc7ccccc78)ccc4N6c4ccc(-c6cccc7c6sc6ccccc67)cc4C5(C)C)cc3)cc21. The zero-order chi connectivity index (χ0) is 57.1. The molecule has 0 saturated carbocycles. The highest BCUT2D eigenvalue weighted by Crippen LogP contribution is 2.62. The molecule has 2 aliphatic heterocycles. The maximum Gasteiger partial charge on any atom is 0.0544 e. The molecule has 0 N–H and O–H groups in total. The van der Waals surface area contributed by atoms with Gasteiger partial charge in [0.2, 0.25) is 0 Å². The van der Waals surface area contributed by atoms with E-state index in [1.165, 1.54) is 146 Å². The van der Waals surface area contributed by atoms with Crippen LogP contribution in [0.15, 0.2) is 255 Å². The molecule has 0 spiro atoms. The summed E-state index contributed by atoms with van der Waals surface area (Å²) in [5.74, 6) is 0. The molecule has 2 nitrogen and oxygen atoms in total. The third-order valence-electron chi connectivity index (χ3n) is 19.4. The summed E-state index contributed by atoms with van der Waals surface area (Å²) in [5, 5.41) is 5.29. The van der Waals surface area contributed by atoms with Crippen LogP contribution in [0.3, 0.4) is 0 Å². The molecule has 3 aliphatic rings. The van der Waals surface area contributed by atoms with Gasteiger partial charge < -0.3 is 9.80 Å². The summed E-state index contributed by atoms with van der Waals surface area (Å²) in [5.41, 5.74) is 26.9. The Balaban J connectivity index is 0.833. The molecule has 406 valence electrons. The molecule has 14 aromatic rings. The van der Waals surface area contributed by atoms with Crippen molar-refractivity contribution in [2.24, 2.45) is 0 Å². The lowest BCUT2D eigenvalue weighted by molar-refractivity contribution is 0.598. The van der Waals surface area contributed by atoms with Gasteiger partial charge in [0, 0.05) is 73.7 Å². The fourth-order valence-electron chi connectivity index (χ4n) is 14.9. The number of nitrogens with zero attached hydrogens (tertiary/aromatic N) is 2. The normalized spacial score (nSPS) is 14.7. The van der Waals surface area contributed by atoms with Gasteiger partial charge in [-0.05, 0) is 174 Å². The molecular formula is C81H60N2S2. The van der Waals surface area contributed by atoms with Crippen molar-refractivity contribution in [1.82, 2.24) is 0 Å². The number of hydrogen-bond donors (Lipinski definition) is 0. The van der Waals surface area contributed by atoms with Crippen LogP contribution < -0.4 is 9.80 Å². The fourth-order valence-corrected chi connectivity index (χ4v) is 17.4. The minimum Gasteiger partial charge on any atom is -0.310 e. The van der Waals surface area contributed by atoms with Gasteiger partial charge in [0.05, 0.1) is 17.1 Å². The molecule has 0 bridgehead atoms.